The number of aldehydes is 1. The molecule has 0 unspecified atom stereocenters. The number of benzene rings is 1. The Morgan fingerprint density at radius 3 is 2.84 bits per heavy atom. The summed E-state index contributed by atoms with van der Waals surface area (Å²) in [6, 6.07) is 11.0. The number of hydrogen-bond acceptors (Lipinski definition) is 4. The molecule has 0 bridgehead atoms. The number of rotatable bonds is 3. The molecule has 94 valence electrons. The molecule has 19 heavy (non-hydrogen) atoms. The number of pyridine rings is 1. The molecule has 0 radical (unpaired) electrons. The van der Waals surface area contributed by atoms with Crippen molar-refractivity contribution in [3.63, 3.8) is 0 Å². The van der Waals surface area contributed by atoms with Crippen LogP contribution in [0.5, 0.6) is 5.75 Å². The van der Waals surface area contributed by atoms with Gasteiger partial charge in [0, 0.05) is 12.3 Å². The number of imidazole rings is 1. The van der Waals surface area contributed by atoms with E-state index in [1.54, 1.807) is 17.9 Å². The third-order valence-electron chi connectivity index (χ3n) is 2.87. The summed E-state index contributed by atoms with van der Waals surface area (Å²) in [5.74, 6) is 1.68. The van der Waals surface area contributed by atoms with Crippen molar-refractivity contribution in [2.75, 3.05) is 7.11 Å². The van der Waals surface area contributed by atoms with Crippen LogP contribution in [0.25, 0.3) is 16.9 Å². The first-order valence-corrected chi connectivity index (χ1v) is 5.76. The first-order valence-electron chi connectivity index (χ1n) is 5.76. The summed E-state index contributed by atoms with van der Waals surface area (Å²) < 4.78 is 6.92. The molecule has 5 heteroatoms. The van der Waals surface area contributed by atoms with Crippen molar-refractivity contribution >= 4 is 17.3 Å². The van der Waals surface area contributed by atoms with Gasteiger partial charge in [-0.1, -0.05) is 6.07 Å². The average molecular weight is 253 g/mol. The summed E-state index contributed by atoms with van der Waals surface area (Å²) >= 11 is 0. The van der Waals surface area contributed by atoms with Gasteiger partial charge in [0.1, 0.15) is 11.6 Å². The van der Waals surface area contributed by atoms with E-state index in [1.807, 2.05) is 36.4 Å². The highest BCUT2D eigenvalue weighted by atomic mass is 16.5. The molecule has 1 aromatic carbocycles. The number of carbonyl (C=O) groups excluding carboxylic acids is 1. The summed E-state index contributed by atoms with van der Waals surface area (Å²) in [4.78, 5) is 19.7. The summed E-state index contributed by atoms with van der Waals surface area (Å²) in [6.07, 6.45) is 2.40. The van der Waals surface area contributed by atoms with Gasteiger partial charge < -0.3 is 4.74 Å². The predicted molar refractivity (Wildman–Crippen MR) is 70.8 cm³/mol. The van der Waals surface area contributed by atoms with Gasteiger partial charge in [-0.2, -0.15) is 0 Å². The standard InChI is InChI=1S/C14H11N3O2/c1-19-10-5-6-11-12(8-10)17(14(9-18)16-11)13-4-2-3-7-15-13/h2-9H,1H3. The number of methoxy groups -OCH3 is 1. The van der Waals surface area contributed by atoms with Gasteiger partial charge in [0.25, 0.3) is 0 Å². The molecular weight excluding hydrogens is 242 g/mol. The van der Waals surface area contributed by atoms with Gasteiger partial charge in [0.2, 0.25) is 0 Å². The number of hydrogen-bond donors (Lipinski definition) is 0. The van der Waals surface area contributed by atoms with Gasteiger partial charge in [-0.05, 0) is 24.3 Å². The average Bonchev–Trinajstić information content (AvgIpc) is 2.85. The van der Waals surface area contributed by atoms with Gasteiger partial charge in [0.15, 0.2) is 12.1 Å². The molecule has 5 nitrogen and oxygen atoms in total. The van der Waals surface area contributed by atoms with Crippen LogP contribution in [0, 0.1) is 0 Å². The van der Waals surface area contributed by atoms with Crippen molar-refractivity contribution in [1.82, 2.24) is 14.5 Å². The number of carbonyl (C=O) groups is 1. The first kappa shape index (κ1) is 11.4. The molecule has 0 atom stereocenters. The van der Waals surface area contributed by atoms with Crippen molar-refractivity contribution in [2.45, 2.75) is 0 Å². The zero-order valence-corrected chi connectivity index (χ0v) is 10.3. The normalized spacial score (nSPS) is 10.6. The van der Waals surface area contributed by atoms with E-state index in [1.165, 1.54) is 0 Å². The van der Waals surface area contributed by atoms with Crippen LogP contribution < -0.4 is 4.74 Å². The molecule has 2 heterocycles. The highest BCUT2D eigenvalue weighted by Gasteiger charge is 2.13. The molecule has 0 spiro atoms. The molecule has 0 aliphatic carbocycles. The Bertz CT molecular complexity index is 735. The Kier molecular flexibility index (Phi) is 2.72. The van der Waals surface area contributed by atoms with Crippen molar-refractivity contribution in [3.8, 4) is 11.6 Å². The Balaban J connectivity index is 2.34. The second-order valence-electron chi connectivity index (χ2n) is 3.97. The van der Waals surface area contributed by atoms with Crippen LogP contribution >= 0.6 is 0 Å². The molecule has 0 saturated carbocycles. The van der Waals surface area contributed by atoms with E-state index in [4.69, 9.17) is 4.74 Å². The second kappa shape index (κ2) is 4.53. The van der Waals surface area contributed by atoms with Crippen LogP contribution in [-0.4, -0.2) is 27.9 Å². The topological polar surface area (TPSA) is 57.0 Å². The minimum Gasteiger partial charge on any atom is -0.497 e. The molecule has 0 amide bonds. The Labute approximate surface area is 109 Å². The van der Waals surface area contributed by atoms with Crippen LogP contribution in [0.15, 0.2) is 42.6 Å². The summed E-state index contributed by atoms with van der Waals surface area (Å²) in [6.45, 7) is 0. The number of aromatic nitrogens is 3. The third kappa shape index (κ3) is 1.85. The summed E-state index contributed by atoms with van der Waals surface area (Å²) in [7, 11) is 1.60. The van der Waals surface area contributed by atoms with E-state index >= 15 is 0 Å². The molecule has 0 aliphatic heterocycles. The van der Waals surface area contributed by atoms with Crippen LogP contribution in [-0.2, 0) is 0 Å². The fourth-order valence-corrected chi connectivity index (χ4v) is 2.01. The monoisotopic (exact) mass is 253 g/mol. The smallest absolute Gasteiger partial charge is 0.186 e. The quantitative estimate of drug-likeness (QED) is 0.672. The fourth-order valence-electron chi connectivity index (χ4n) is 2.01. The van der Waals surface area contributed by atoms with Crippen molar-refractivity contribution in [1.29, 1.82) is 0 Å². The first-order chi connectivity index (χ1) is 9.33. The van der Waals surface area contributed by atoms with Crippen LogP contribution in [0.2, 0.25) is 0 Å². The molecule has 2 aromatic heterocycles. The Hall–Kier alpha value is -2.69. The van der Waals surface area contributed by atoms with E-state index in [2.05, 4.69) is 9.97 Å². The van der Waals surface area contributed by atoms with Crippen molar-refractivity contribution in [3.05, 3.63) is 48.4 Å². The number of ether oxygens (including phenoxy) is 1. The van der Waals surface area contributed by atoms with Gasteiger partial charge in [-0.25, -0.2) is 9.97 Å². The second-order valence-corrected chi connectivity index (χ2v) is 3.97. The predicted octanol–water partition coefficient (Wildman–Crippen LogP) is 2.24. The molecule has 0 N–H and O–H groups in total. The maximum atomic E-state index is 11.2. The molecule has 0 saturated heterocycles. The van der Waals surface area contributed by atoms with E-state index in [9.17, 15) is 4.79 Å². The lowest BCUT2D eigenvalue weighted by Crippen LogP contribution is -2.01. The largest absolute Gasteiger partial charge is 0.497 e. The molecule has 0 aliphatic rings. The lowest BCUT2D eigenvalue weighted by molar-refractivity contribution is 0.111. The lowest BCUT2D eigenvalue weighted by Gasteiger charge is -2.05. The van der Waals surface area contributed by atoms with E-state index in [-0.39, 0.29) is 0 Å². The van der Waals surface area contributed by atoms with Gasteiger partial charge in [0.05, 0.1) is 18.1 Å². The third-order valence-corrected chi connectivity index (χ3v) is 2.87. The van der Waals surface area contributed by atoms with Crippen LogP contribution in [0.1, 0.15) is 10.6 Å². The number of nitrogens with zero attached hydrogens (tertiary/aromatic N) is 3. The van der Waals surface area contributed by atoms with E-state index in [0.717, 1.165) is 17.3 Å². The van der Waals surface area contributed by atoms with Crippen molar-refractivity contribution < 1.29 is 9.53 Å². The highest BCUT2D eigenvalue weighted by Crippen LogP contribution is 2.23. The fraction of sp³-hybridized carbons (Fsp3) is 0.0714. The zero-order valence-electron chi connectivity index (χ0n) is 10.3. The summed E-state index contributed by atoms with van der Waals surface area (Å²) in [5, 5.41) is 0. The molecular formula is C14H11N3O2. The van der Waals surface area contributed by atoms with Gasteiger partial charge in [-0.3, -0.25) is 9.36 Å². The zero-order chi connectivity index (χ0) is 13.2. The molecule has 3 rings (SSSR count). The lowest BCUT2D eigenvalue weighted by atomic mass is 10.3. The van der Waals surface area contributed by atoms with Crippen molar-refractivity contribution in [2.24, 2.45) is 0 Å². The van der Waals surface area contributed by atoms with E-state index < -0.39 is 0 Å². The minimum absolute atomic E-state index is 0.321. The summed E-state index contributed by atoms with van der Waals surface area (Å²) in [5.41, 5.74) is 1.52. The maximum absolute atomic E-state index is 11.2. The molecule has 3 aromatic rings. The Morgan fingerprint density at radius 2 is 2.16 bits per heavy atom. The maximum Gasteiger partial charge on any atom is 0.186 e. The van der Waals surface area contributed by atoms with Gasteiger partial charge >= 0.3 is 0 Å². The van der Waals surface area contributed by atoms with Crippen LogP contribution in [0.4, 0.5) is 0 Å². The SMILES string of the molecule is COc1ccc2nc(C=O)n(-c3ccccn3)c2c1. The Morgan fingerprint density at radius 1 is 1.26 bits per heavy atom. The number of fused-ring (bicyclic) bond motifs is 1. The van der Waals surface area contributed by atoms with Crippen LogP contribution in [0.3, 0.4) is 0 Å². The van der Waals surface area contributed by atoms with E-state index in [0.29, 0.717) is 17.4 Å². The molecule has 0 fully saturated rings. The van der Waals surface area contributed by atoms with Gasteiger partial charge in [-0.15, -0.1) is 0 Å². The minimum atomic E-state index is 0.321. The highest BCUT2D eigenvalue weighted by molar-refractivity contribution is 5.85.